The lowest BCUT2D eigenvalue weighted by Crippen LogP contribution is -2.26. The summed E-state index contributed by atoms with van der Waals surface area (Å²) in [5, 5.41) is -0.0534. The van der Waals surface area contributed by atoms with Crippen LogP contribution in [0.1, 0.15) is 37.4 Å². The number of pyridine rings is 1. The summed E-state index contributed by atoms with van der Waals surface area (Å²) < 4.78 is 33.2. The van der Waals surface area contributed by atoms with Gasteiger partial charge < -0.3 is 4.74 Å². The van der Waals surface area contributed by atoms with Crippen LogP contribution in [0.15, 0.2) is 12.1 Å². The molecule has 116 valence electrons. The predicted molar refractivity (Wildman–Crippen MR) is 78.8 cm³/mol. The Hall–Kier alpha value is -2.04. The van der Waals surface area contributed by atoms with Crippen LogP contribution in [0.2, 0.25) is 0 Å². The van der Waals surface area contributed by atoms with Gasteiger partial charge in [0.2, 0.25) is 0 Å². The molecule has 0 unspecified atom stereocenters. The van der Waals surface area contributed by atoms with Crippen molar-refractivity contribution in [3.63, 3.8) is 0 Å². The molecule has 0 N–H and O–H groups in total. The molecule has 0 bridgehead atoms. The van der Waals surface area contributed by atoms with Gasteiger partial charge in [0.1, 0.15) is 5.75 Å². The van der Waals surface area contributed by atoms with Crippen molar-refractivity contribution in [2.24, 2.45) is 5.92 Å². The summed E-state index contributed by atoms with van der Waals surface area (Å²) in [5.74, 6) is -2.39. The van der Waals surface area contributed by atoms with Crippen LogP contribution >= 0.6 is 0 Å². The summed E-state index contributed by atoms with van der Waals surface area (Å²) in [4.78, 5) is 16.5. The van der Waals surface area contributed by atoms with Gasteiger partial charge >= 0.3 is 5.97 Å². The Morgan fingerprint density at radius 3 is 2.68 bits per heavy atom. The molecule has 0 radical (unpaired) electrons. The first-order valence-corrected chi connectivity index (χ1v) is 7.51. The standard InChI is InChI=1S/C17H17F2NO2/c1-3-12-9(2)16(22-17(21)10-5-4-6-10)14-13(20-12)8-7-11(18)15(14)19/h7-8,10H,3-6H2,1-2H3. The van der Waals surface area contributed by atoms with Crippen LogP contribution in [0.5, 0.6) is 5.75 Å². The highest BCUT2D eigenvalue weighted by Crippen LogP contribution is 2.36. The maximum atomic E-state index is 14.2. The molecule has 1 saturated carbocycles. The molecule has 3 rings (SSSR count). The first-order chi connectivity index (χ1) is 10.5. The first kappa shape index (κ1) is 14.9. The number of rotatable bonds is 3. The second-order valence-corrected chi connectivity index (χ2v) is 5.67. The van der Waals surface area contributed by atoms with Crippen molar-refractivity contribution in [2.75, 3.05) is 0 Å². The molecule has 3 nitrogen and oxygen atoms in total. The van der Waals surface area contributed by atoms with Gasteiger partial charge in [-0.2, -0.15) is 0 Å². The third kappa shape index (κ3) is 2.34. The van der Waals surface area contributed by atoms with Gasteiger partial charge in [-0.25, -0.2) is 8.78 Å². The average Bonchev–Trinajstić information content (AvgIpc) is 2.43. The highest BCUT2D eigenvalue weighted by molar-refractivity contribution is 5.90. The fourth-order valence-electron chi connectivity index (χ4n) is 2.70. The molecule has 1 aromatic carbocycles. The maximum Gasteiger partial charge on any atom is 0.314 e. The van der Waals surface area contributed by atoms with Gasteiger partial charge in [0, 0.05) is 11.3 Å². The Kier molecular flexibility index (Phi) is 3.81. The minimum absolute atomic E-state index is 0.0534. The number of hydrogen-bond donors (Lipinski definition) is 0. The second-order valence-electron chi connectivity index (χ2n) is 5.67. The largest absolute Gasteiger partial charge is 0.425 e. The number of nitrogens with zero attached hydrogens (tertiary/aromatic N) is 1. The monoisotopic (exact) mass is 305 g/mol. The van der Waals surface area contributed by atoms with E-state index in [0.717, 1.165) is 31.0 Å². The SMILES string of the molecule is CCc1nc2ccc(F)c(F)c2c(OC(=O)C2CCC2)c1C. The molecular weight excluding hydrogens is 288 g/mol. The second kappa shape index (κ2) is 5.63. The van der Waals surface area contributed by atoms with Gasteiger partial charge in [0.05, 0.1) is 16.8 Å². The smallest absolute Gasteiger partial charge is 0.314 e. The Labute approximate surface area is 127 Å². The Morgan fingerprint density at radius 2 is 2.09 bits per heavy atom. The number of ether oxygens (including phenoxy) is 1. The zero-order valence-corrected chi connectivity index (χ0v) is 12.6. The number of hydrogen-bond acceptors (Lipinski definition) is 3. The molecule has 0 atom stereocenters. The van der Waals surface area contributed by atoms with Crippen molar-refractivity contribution in [1.82, 2.24) is 4.98 Å². The summed E-state index contributed by atoms with van der Waals surface area (Å²) in [6, 6.07) is 2.45. The van der Waals surface area contributed by atoms with E-state index in [1.54, 1.807) is 6.92 Å². The lowest BCUT2D eigenvalue weighted by Gasteiger charge is -2.24. The van der Waals surface area contributed by atoms with E-state index in [-0.39, 0.29) is 23.0 Å². The van der Waals surface area contributed by atoms with Crippen LogP contribution in [0, 0.1) is 24.5 Å². The van der Waals surface area contributed by atoms with Crippen LogP contribution in [-0.2, 0) is 11.2 Å². The Bertz CT molecular complexity index is 754. The molecule has 1 aliphatic rings. The fraction of sp³-hybridized carbons (Fsp3) is 0.412. The quantitative estimate of drug-likeness (QED) is 0.802. The molecule has 5 heteroatoms. The summed E-state index contributed by atoms with van der Waals surface area (Å²) in [7, 11) is 0. The molecule has 1 aromatic heterocycles. The topological polar surface area (TPSA) is 39.2 Å². The van der Waals surface area contributed by atoms with E-state index in [4.69, 9.17) is 4.74 Å². The highest BCUT2D eigenvalue weighted by atomic mass is 19.2. The van der Waals surface area contributed by atoms with Crippen molar-refractivity contribution in [2.45, 2.75) is 39.5 Å². The number of halogens is 2. The van der Waals surface area contributed by atoms with E-state index in [2.05, 4.69) is 4.98 Å². The number of aryl methyl sites for hydroxylation is 1. The van der Waals surface area contributed by atoms with Crippen molar-refractivity contribution in [3.05, 3.63) is 35.0 Å². The summed E-state index contributed by atoms with van der Waals surface area (Å²) >= 11 is 0. The van der Waals surface area contributed by atoms with Crippen LogP contribution in [0.25, 0.3) is 10.9 Å². The number of carbonyl (C=O) groups excluding carboxylic acids is 1. The normalized spacial score (nSPS) is 14.9. The van der Waals surface area contributed by atoms with Crippen LogP contribution < -0.4 is 4.74 Å². The molecule has 1 heterocycles. The van der Waals surface area contributed by atoms with E-state index < -0.39 is 11.6 Å². The number of esters is 1. The minimum atomic E-state index is -1.02. The third-order valence-electron chi connectivity index (χ3n) is 4.30. The van der Waals surface area contributed by atoms with Crippen molar-refractivity contribution >= 4 is 16.9 Å². The van der Waals surface area contributed by atoms with Gasteiger partial charge in [-0.15, -0.1) is 0 Å². The van der Waals surface area contributed by atoms with E-state index in [9.17, 15) is 13.6 Å². The van der Waals surface area contributed by atoms with Crippen LogP contribution in [-0.4, -0.2) is 11.0 Å². The molecule has 0 saturated heterocycles. The van der Waals surface area contributed by atoms with E-state index >= 15 is 0 Å². The zero-order chi connectivity index (χ0) is 15.9. The van der Waals surface area contributed by atoms with Crippen molar-refractivity contribution in [1.29, 1.82) is 0 Å². The lowest BCUT2D eigenvalue weighted by molar-refractivity contribution is -0.141. The molecule has 0 aliphatic heterocycles. The van der Waals surface area contributed by atoms with Gasteiger partial charge in [-0.3, -0.25) is 9.78 Å². The van der Waals surface area contributed by atoms with Gasteiger partial charge in [-0.1, -0.05) is 13.3 Å². The average molecular weight is 305 g/mol. The third-order valence-corrected chi connectivity index (χ3v) is 4.30. The van der Waals surface area contributed by atoms with Gasteiger partial charge in [-0.05, 0) is 38.3 Å². The predicted octanol–water partition coefficient (Wildman–Crippen LogP) is 4.09. The van der Waals surface area contributed by atoms with Gasteiger partial charge in [0.15, 0.2) is 11.6 Å². The highest BCUT2D eigenvalue weighted by Gasteiger charge is 2.29. The summed E-state index contributed by atoms with van der Waals surface area (Å²) in [6.07, 6.45) is 3.20. The van der Waals surface area contributed by atoms with Crippen LogP contribution in [0.4, 0.5) is 8.78 Å². The van der Waals surface area contributed by atoms with Crippen molar-refractivity contribution < 1.29 is 18.3 Å². The lowest BCUT2D eigenvalue weighted by atomic mass is 9.86. The van der Waals surface area contributed by atoms with E-state index in [1.807, 2.05) is 6.92 Å². The summed E-state index contributed by atoms with van der Waals surface area (Å²) in [6.45, 7) is 3.64. The maximum absolute atomic E-state index is 14.2. The number of aromatic nitrogens is 1. The minimum Gasteiger partial charge on any atom is -0.425 e. The zero-order valence-electron chi connectivity index (χ0n) is 12.6. The molecule has 1 fully saturated rings. The number of benzene rings is 1. The molecule has 1 aliphatic carbocycles. The fourth-order valence-corrected chi connectivity index (χ4v) is 2.70. The van der Waals surface area contributed by atoms with Crippen LogP contribution in [0.3, 0.4) is 0 Å². The number of fused-ring (bicyclic) bond motifs is 1. The Morgan fingerprint density at radius 1 is 1.36 bits per heavy atom. The first-order valence-electron chi connectivity index (χ1n) is 7.51. The summed E-state index contributed by atoms with van der Waals surface area (Å²) in [5.41, 5.74) is 1.61. The molecule has 0 spiro atoms. The van der Waals surface area contributed by atoms with Crippen molar-refractivity contribution in [3.8, 4) is 5.75 Å². The van der Waals surface area contributed by atoms with Gasteiger partial charge in [0.25, 0.3) is 0 Å². The van der Waals surface area contributed by atoms with E-state index in [0.29, 0.717) is 17.5 Å². The molecule has 2 aromatic rings. The molecular formula is C17H17F2NO2. The number of carbonyl (C=O) groups is 1. The molecule has 0 amide bonds. The molecule has 22 heavy (non-hydrogen) atoms. The Balaban J connectivity index is 2.17. The van der Waals surface area contributed by atoms with E-state index in [1.165, 1.54) is 6.07 Å².